The standard InChI is InChI=1S/C16H16ClNO3S/c1-3-21-16-9-4-12(10-15(16)17)11-18-13-5-7-14(8-6-13)22(2,19)20/h4-11H,3H2,1-2H3. The van der Waals surface area contributed by atoms with Crippen LogP contribution in [0, 0.1) is 0 Å². The highest BCUT2D eigenvalue weighted by Crippen LogP contribution is 2.25. The summed E-state index contributed by atoms with van der Waals surface area (Å²) in [6.45, 7) is 2.45. The molecule has 0 aliphatic heterocycles. The third kappa shape index (κ3) is 4.32. The van der Waals surface area contributed by atoms with Crippen molar-refractivity contribution in [1.29, 1.82) is 0 Å². The summed E-state index contributed by atoms with van der Waals surface area (Å²) in [5.74, 6) is 0.638. The van der Waals surface area contributed by atoms with E-state index in [9.17, 15) is 8.42 Å². The molecule has 2 aromatic carbocycles. The van der Waals surface area contributed by atoms with Crippen LogP contribution in [-0.4, -0.2) is 27.5 Å². The number of halogens is 1. The second kappa shape index (κ2) is 6.94. The van der Waals surface area contributed by atoms with Crippen molar-refractivity contribution in [2.24, 2.45) is 4.99 Å². The number of hydrogen-bond donors (Lipinski definition) is 0. The molecule has 2 rings (SSSR count). The molecule has 0 radical (unpaired) electrons. The molecular weight excluding hydrogens is 322 g/mol. The molecule has 0 spiro atoms. The van der Waals surface area contributed by atoms with Gasteiger partial charge >= 0.3 is 0 Å². The van der Waals surface area contributed by atoms with E-state index >= 15 is 0 Å². The molecule has 0 saturated heterocycles. The van der Waals surface area contributed by atoms with Crippen LogP contribution in [0.5, 0.6) is 5.75 Å². The highest BCUT2D eigenvalue weighted by molar-refractivity contribution is 7.90. The monoisotopic (exact) mass is 337 g/mol. The number of hydrogen-bond acceptors (Lipinski definition) is 4. The van der Waals surface area contributed by atoms with Gasteiger partial charge in [-0.2, -0.15) is 0 Å². The molecular formula is C16H16ClNO3S. The Kier molecular flexibility index (Phi) is 5.21. The minimum atomic E-state index is -3.19. The van der Waals surface area contributed by atoms with Gasteiger partial charge in [0.05, 0.1) is 22.2 Å². The zero-order valence-corrected chi connectivity index (χ0v) is 13.9. The van der Waals surface area contributed by atoms with Crippen molar-refractivity contribution in [3.63, 3.8) is 0 Å². The molecule has 4 nitrogen and oxygen atoms in total. The van der Waals surface area contributed by atoms with E-state index in [0.29, 0.717) is 23.1 Å². The molecule has 22 heavy (non-hydrogen) atoms. The minimum absolute atomic E-state index is 0.274. The van der Waals surface area contributed by atoms with Gasteiger partial charge in [0.2, 0.25) is 0 Å². The topological polar surface area (TPSA) is 55.7 Å². The predicted octanol–water partition coefficient (Wildman–Crippen LogP) is 3.89. The summed E-state index contributed by atoms with van der Waals surface area (Å²) >= 11 is 6.11. The Morgan fingerprint density at radius 1 is 1.18 bits per heavy atom. The third-order valence-electron chi connectivity index (χ3n) is 2.88. The van der Waals surface area contributed by atoms with Gasteiger partial charge in [0, 0.05) is 12.5 Å². The minimum Gasteiger partial charge on any atom is -0.492 e. The fourth-order valence-corrected chi connectivity index (χ4v) is 2.67. The third-order valence-corrected chi connectivity index (χ3v) is 4.31. The summed E-state index contributed by atoms with van der Waals surface area (Å²) in [5, 5.41) is 0.526. The molecule has 0 aliphatic rings. The maximum atomic E-state index is 11.4. The number of ether oxygens (including phenoxy) is 1. The van der Waals surface area contributed by atoms with Crippen molar-refractivity contribution in [2.75, 3.05) is 12.9 Å². The predicted molar refractivity (Wildman–Crippen MR) is 89.4 cm³/mol. The van der Waals surface area contributed by atoms with Gasteiger partial charge in [0.25, 0.3) is 0 Å². The van der Waals surface area contributed by atoms with E-state index in [1.807, 2.05) is 13.0 Å². The van der Waals surface area contributed by atoms with Crippen LogP contribution in [-0.2, 0) is 9.84 Å². The smallest absolute Gasteiger partial charge is 0.175 e. The Morgan fingerprint density at radius 2 is 1.86 bits per heavy atom. The molecule has 0 fully saturated rings. The first-order chi connectivity index (χ1) is 10.4. The van der Waals surface area contributed by atoms with Gasteiger partial charge in [-0.05, 0) is 55.0 Å². The molecule has 0 amide bonds. The molecule has 0 unspecified atom stereocenters. The van der Waals surface area contributed by atoms with E-state index in [4.69, 9.17) is 16.3 Å². The Hall–Kier alpha value is -1.85. The molecule has 0 bridgehead atoms. The van der Waals surface area contributed by atoms with Gasteiger partial charge in [-0.1, -0.05) is 11.6 Å². The lowest BCUT2D eigenvalue weighted by Crippen LogP contribution is -1.95. The summed E-state index contributed by atoms with van der Waals surface area (Å²) in [5.41, 5.74) is 1.50. The molecule has 0 atom stereocenters. The van der Waals surface area contributed by atoms with Crippen molar-refractivity contribution >= 4 is 33.3 Å². The Bertz CT molecular complexity index is 784. The molecule has 0 saturated carbocycles. The lowest BCUT2D eigenvalue weighted by Gasteiger charge is -2.05. The van der Waals surface area contributed by atoms with Crippen LogP contribution in [0.1, 0.15) is 12.5 Å². The van der Waals surface area contributed by atoms with Crippen molar-refractivity contribution in [2.45, 2.75) is 11.8 Å². The highest BCUT2D eigenvalue weighted by atomic mass is 35.5. The quantitative estimate of drug-likeness (QED) is 0.778. The van der Waals surface area contributed by atoms with Crippen LogP contribution in [0.15, 0.2) is 52.4 Å². The SMILES string of the molecule is CCOc1ccc(C=Nc2ccc(S(C)(=O)=O)cc2)cc1Cl. The molecule has 116 valence electrons. The number of rotatable bonds is 5. The fourth-order valence-electron chi connectivity index (χ4n) is 1.80. The van der Waals surface area contributed by atoms with Gasteiger partial charge < -0.3 is 4.74 Å². The van der Waals surface area contributed by atoms with Crippen LogP contribution in [0.3, 0.4) is 0 Å². The van der Waals surface area contributed by atoms with Crippen LogP contribution in [0.2, 0.25) is 5.02 Å². The van der Waals surface area contributed by atoms with Crippen LogP contribution in [0.4, 0.5) is 5.69 Å². The number of sulfone groups is 1. The van der Waals surface area contributed by atoms with E-state index < -0.39 is 9.84 Å². The van der Waals surface area contributed by atoms with E-state index in [1.54, 1.807) is 30.5 Å². The summed E-state index contributed by atoms with van der Waals surface area (Å²) in [7, 11) is -3.19. The maximum Gasteiger partial charge on any atom is 0.175 e. The summed E-state index contributed by atoms with van der Waals surface area (Å²) < 4.78 is 28.1. The lowest BCUT2D eigenvalue weighted by molar-refractivity contribution is 0.340. The summed E-state index contributed by atoms with van der Waals surface area (Å²) in [6, 6.07) is 11.8. The zero-order valence-electron chi connectivity index (χ0n) is 12.3. The van der Waals surface area contributed by atoms with Gasteiger partial charge in [-0.25, -0.2) is 8.42 Å². The van der Waals surface area contributed by atoms with Crippen LogP contribution >= 0.6 is 11.6 Å². The Morgan fingerprint density at radius 3 is 2.41 bits per heavy atom. The largest absolute Gasteiger partial charge is 0.492 e. The first kappa shape index (κ1) is 16.5. The fraction of sp³-hybridized carbons (Fsp3) is 0.188. The van der Waals surface area contributed by atoms with E-state index in [0.717, 1.165) is 5.56 Å². The average Bonchev–Trinajstić information content (AvgIpc) is 2.47. The maximum absolute atomic E-state index is 11.4. The van der Waals surface area contributed by atoms with Gasteiger partial charge in [-0.15, -0.1) is 0 Å². The Balaban J connectivity index is 2.16. The number of nitrogens with zero attached hydrogens (tertiary/aromatic N) is 1. The second-order valence-electron chi connectivity index (χ2n) is 4.65. The normalized spacial score (nSPS) is 11.8. The number of aliphatic imine (C=N–C) groups is 1. The van der Waals surface area contributed by atoms with E-state index in [2.05, 4.69) is 4.99 Å². The first-order valence-corrected chi connectivity index (χ1v) is 8.93. The molecule has 2 aromatic rings. The van der Waals surface area contributed by atoms with Crippen molar-refractivity contribution in [1.82, 2.24) is 0 Å². The Labute approximate surface area is 135 Å². The van der Waals surface area contributed by atoms with E-state index in [-0.39, 0.29) is 4.90 Å². The molecule has 0 aromatic heterocycles. The number of benzene rings is 2. The first-order valence-electron chi connectivity index (χ1n) is 6.66. The second-order valence-corrected chi connectivity index (χ2v) is 7.07. The summed E-state index contributed by atoms with van der Waals surface area (Å²) in [6.07, 6.45) is 2.84. The van der Waals surface area contributed by atoms with Gasteiger partial charge in [0.1, 0.15) is 5.75 Å². The molecule has 0 aliphatic carbocycles. The summed E-state index contributed by atoms with van der Waals surface area (Å²) in [4.78, 5) is 4.57. The van der Waals surface area contributed by atoms with Crippen LogP contribution < -0.4 is 4.74 Å². The van der Waals surface area contributed by atoms with Crippen molar-refractivity contribution in [3.05, 3.63) is 53.1 Å². The molecule has 0 N–H and O–H groups in total. The molecule has 0 heterocycles. The highest BCUT2D eigenvalue weighted by Gasteiger charge is 2.05. The van der Waals surface area contributed by atoms with E-state index in [1.165, 1.54) is 18.4 Å². The zero-order chi connectivity index (χ0) is 16.2. The molecule has 6 heteroatoms. The van der Waals surface area contributed by atoms with Crippen molar-refractivity contribution in [3.8, 4) is 5.75 Å². The lowest BCUT2D eigenvalue weighted by atomic mass is 10.2. The van der Waals surface area contributed by atoms with Gasteiger partial charge in [-0.3, -0.25) is 4.99 Å². The van der Waals surface area contributed by atoms with Crippen LogP contribution in [0.25, 0.3) is 0 Å². The average molecular weight is 338 g/mol. The van der Waals surface area contributed by atoms with Gasteiger partial charge in [0.15, 0.2) is 9.84 Å². The van der Waals surface area contributed by atoms with Crippen molar-refractivity contribution < 1.29 is 13.2 Å².